The molecule has 0 atom stereocenters. The molecule has 1 aliphatic heterocycles. The Morgan fingerprint density at radius 2 is 1.64 bits per heavy atom. The van der Waals surface area contributed by atoms with Crippen LogP contribution in [0.3, 0.4) is 0 Å². The number of carbonyl (C=O) groups is 3. The van der Waals surface area contributed by atoms with Gasteiger partial charge in [-0.05, 0) is 56.2 Å². The van der Waals surface area contributed by atoms with Crippen molar-refractivity contribution in [1.29, 1.82) is 0 Å². The zero-order valence-electron chi connectivity index (χ0n) is 16.3. The Balaban J connectivity index is 1.41. The molecular formula is C22H29N3O3. The van der Waals surface area contributed by atoms with Crippen LogP contribution in [0.25, 0.3) is 0 Å². The molecule has 1 heterocycles. The van der Waals surface area contributed by atoms with Crippen LogP contribution in [0.2, 0.25) is 0 Å². The summed E-state index contributed by atoms with van der Waals surface area (Å²) in [6, 6.07) is 5.71. The zero-order valence-corrected chi connectivity index (χ0v) is 16.3. The highest BCUT2D eigenvalue weighted by atomic mass is 16.2. The molecule has 6 heteroatoms. The van der Waals surface area contributed by atoms with Crippen molar-refractivity contribution < 1.29 is 14.4 Å². The summed E-state index contributed by atoms with van der Waals surface area (Å²) in [5, 5.41) is 5.59. The second-order valence-electron chi connectivity index (χ2n) is 8.33. The van der Waals surface area contributed by atoms with Crippen LogP contribution < -0.4 is 15.5 Å². The summed E-state index contributed by atoms with van der Waals surface area (Å²) >= 11 is 0. The van der Waals surface area contributed by atoms with Crippen LogP contribution in [0, 0.1) is 5.92 Å². The summed E-state index contributed by atoms with van der Waals surface area (Å²) in [4.78, 5) is 39.1. The van der Waals surface area contributed by atoms with Gasteiger partial charge < -0.3 is 15.5 Å². The molecule has 0 aromatic heterocycles. The Morgan fingerprint density at radius 3 is 2.36 bits per heavy atom. The minimum Gasteiger partial charge on any atom is -0.345 e. The van der Waals surface area contributed by atoms with E-state index in [0.29, 0.717) is 5.69 Å². The number of anilines is 2. The summed E-state index contributed by atoms with van der Waals surface area (Å²) < 4.78 is 0. The molecule has 28 heavy (non-hydrogen) atoms. The molecule has 0 unspecified atom stereocenters. The smallest absolute Gasteiger partial charge is 0.313 e. The third-order valence-corrected chi connectivity index (χ3v) is 6.05. The fourth-order valence-corrected chi connectivity index (χ4v) is 4.29. The Kier molecular flexibility index (Phi) is 5.64. The number of carbonyl (C=O) groups excluding carboxylic acids is 3. The van der Waals surface area contributed by atoms with Gasteiger partial charge in [-0.3, -0.25) is 14.4 Å². The SMILES string of the molecule is O=C(Nc1ccc2c(c1)N(C(=O)C1CC1)CCC2)C(=O)NC1CCCCCC1. The lowest BCUT2D eigenvalue weighted by molar-refractivity contribution is -0.136. The monoisotopic (exact) mass is 383 g/mol. The van der Waals surface area contributed by atoms with Gasteiger partial charge in [0.15, 0.2) is 0 Å². The normalized spacial score (nSPS) is 20.1. The van der Waals surface area contributed by atoms with E-state index in [-0.39, 0.29) is 17.9 Å². The number of fused-ring (bicyclic) bond motifs is 1. The average molecular weight is 383 g/mol. The molecule has 4 rings (SSSR count). The number of rotatable bonds is 3. The number of amides is 3. The van der Waals surface area contributed by atoms with Crippen molar-refractivity contribution in [3.05, 3.63) is 23.8 Å². The van der Waals surface area contributed by atoms with Crippen LogP contribution >= 0.6 is 0 Å². The molecule has 3 amide bonds. The highest BCUT2D eigenvalue weighted by Gasteiger charge is 2.35. The summed E-state index contributed by atoms with van der Waals surface area (Å²) in [6.45, 7) is 0.724. The van der Waals surface area contributed by atoms with Gasteiger partial charge in [0, 0.05) is 29.9 Å². The van der Waals surface area contributed by atoms with Gasteiger partial charge in [0.1, 0.15) is 0 Å². The van der Waals surface area contributed by atoms with E-state index in [1.807, 2.05) is 23.1 Å². The summed E-state index contributed by atoms with van der Waals surface area (Å²) in [5.74, 6) is -0.860. The van der Waals surface area contributed by atoms with Crippen molar-refractivity contribution in [2.75, 3.05) is 16.8 Å². The molecule has 2 aliphatic carbocycles. The Bertz CT molecular complexity index is 764. The Hall–Kier alpha value is -2.37. The molecule has 0 bridgehead atoms. The lowest BCUT2D eigenvalue weighted by Crippen LogP contribution is -2.41. The van der Waals surface area contributed by atoms with Gasteiger partial charge in [-0.2, -0.15) is 0 Å². The first kappa shape index (κ1) is 19.0. The van der Waals surface area contributed by atoms with Gasteiger partial charge >= 0.3 is 11.8 Å². The second kappa shape index (κ2) is 8.33. The van der Waals surface area contributed by atoms with Gasteiger partial charge in [-0.1, -0.05) is 31.7 Å². The maximum atomic E-state index is 12.6. The minimum absolute atomic E-state index is 0.0935. The number of aryl methyl sites for hydroxylation is 1. The maximum Gasteiger partial charge on any atom is 0.313 e. The van der Waals surface area contributed by atoms with E-state index in [1.165, 1.54) is 12.8 Å². The number of nitrogens with one attached hydrogen (secondary N) is 2. The first-order valence-corrected chi connectivity index (χ1v) is 10.7. The lowest BCUT2D eigenvalue weighted by atomic mass is 10.0. The number of nitrogens with zero attached hydrogens (tertiary/aromatic N) is 1. The van der Waals surface area contributed by atoms with Gasteiger partial charge in [-0.15, -0.1) is 0 Å². The molecule has 0 radical (unpaired) electrons. The van der Waals surface area contributed by atoms with Crippen molar-refractivity contribution in [1.82, 2.24) is 5.32 Å². The molecule has 2 N–H and O–H groups in total. The Labute approximate surface area is 166 Å². The van der Waals surface area contributed by atoms with E-state index in [4.69, 9.17) is 0 Å². The average Bonchev–Trinajstić information content (AvgIpc) is 3.55. The van der Waals surface area contributed by atoms with Gasteiger partial charge in [0.2, 0.25) is 5.91 Å². The quantitative estimate of drug-likeness (QED) is 0.622. The zero-order chi connectivity index (χ0) is 19.5. The highest BCUT2D eigenvalue weighted by molar-refractivity contribution is 6.39. The minimum atomic E-state index is -0.639. The number of hydrogen-bond acceptors (Lipinski definition) is 3. The fourth-order valence-electron chi connectivity index (χ4n) is 4.29. The van der Waals surface area contributed by atoms with Crippen molar-refractivity contribution >= 4 is 29.1 Å². The molecule has 0 saturated heterocycles. The van der Waals surface area contributed by atoms with Crippen molar-refractivity contribution in [2.45, 2.75) is 70.3 Å². The van der Waals surface area contributed by atoms with Crippen LogP contribution in [0.1, 0.15) is 63.4 Å². The molecule has 1 aromatic carbocycles. The van der Waals surface area contributed by atoms with Gasteiger partial charge in [0.25, 0.3) is 0 Å². The van der Waals surface area contributed by atoms with Gasteiger partial charge in [0.05, 0.1) is 0 Å². The van der Waals surface area contributed by atoms with Crippen LogP contribution in [-0.2, 0) is 20.8 Å². The largest absolute Gasteiger partial charge is 0.345 e. The fraction of sp³-hybridized carbons (Fsp3) is 0.591. The molecule has 3 aliphatic rings. The molecular weight excluding hydrogens is 354 g/mol. The number of benzene rings is 1. The standard InChI is InChI=1S/C22H29N3O3/c26-20(23-17-7-3-1-2-4-8-17)21(27)24-18-12-11-15-6-5-13-25(19(15)14-18)22(28)16-9-10-16/h11-12,14,16-17H,1-10,13H2,(H,23,26)(H,24,27). The molecule has 2 fully saturated rings. The van der Waals surface area contributed by atoms with Crippen LogP contribution in [0.15, 0.2) is 18.2 Å². The second-order valence-corrected chi connectivity index (χ2v) is 8.33. The van der Waals surface area contributed by atoms with Crippen molar-refractivity contribution in [2.24, 2.45) is 5.92 Å². The predicted octanol–water partition coefficient (Wildman–Crippen LogP) is 3.15. The Morgan fingerprint density at radius 1 is 0.893 bits per heavy atom. The molecule has 150 valence electrons. The number of hydrogen-bond donors (Lipinski definition) is 2. The van der Waals surface area contributed by atoms with E-state index in [2.05, 4.69) is 10.6 Å². The molecule has 2 saturated carbocycles. The summed E-state index contributed by atoms with van der Waals surface area (Å²) in [5.41, 5.74) is 2.57. The van der Waals surface area contributed by atoms with Gasteiger partial charge in [-0.25, -0.2) is 0 Å². The molecule has 1 aromatic rings. The summed E-state index contributed by atoms with van der Waals surface area (Å²) in [7, 11) is 0. The van der Waals surface area contributed by atoms with Crippen molar-refractivity contribution in [3.8, 4) is 0 Å². The van der Waals surface area contributed by atoms with Crippen LogP contribution in [0.4, 0.5) is 11.4 Å². The first-order chi connectivity index (χ1) is 13.6. The van der Waals surface area contributed by atoms with E-state index in [9.17, 15) is 14.4 Å². The predicted molar refractivity (Wildman–Crippen MR) is 108 cm³/mol. The third kappa shape index (κ3) is 4.37. The topological polar surface area (TPSA) is 78.5 Å². The maximum absolute atomic E-state index is 12.6. The van der Waals surface area contributed by atoms with E-state index < -0.39 is 11.8 Å². The van der Waals surface area contributed by atoms with Crippen LogP contribution in [-0.4, -0.2) is 30.3 Å². The lowest BCUT2D eigenvalue weighted by Gasteiger charge is -2.30. The highest BCUT2D eigenvalue weighted by Crippen LogP contribution is 2.36. The van der Waals surface area contributed by atoms with Crippen LogP contribution in [0.5, 0.6) is 0 Å². The van der Waals surface area contributed by atoms with E-state index in [0.717, 1.165) is 69.2 Å². The third-order valence-electron chi connectivity index (χ3n) is 6.05. The molecule has 0 spiro atoms. The summed E-state index contributed by atoms with van der Waals surface area (Å²) in [6.07, 6.45) is 10.3. The van der Waals surface area contributed by atoms with Crippen molar-refractivity contribution in [3.63, 3.8) is 0 Å². The first-order valence-electron chi connectivity index (χ1n) is 10.7. The van der Waals surface area contributed by atoms with E-state index in [1.54, 1.807) is 0 Å². The van der Waals surface area contributed by atoms with E-state index >= 15 is 0 Å². The molecule has 6 nitrogen and oxygen atoms in total.